The van der Waals surface area contributed by atoms with Crippen molar-refractivity contribution in [3.05, 3.63) is 11.1 Å². The lowest BCUT2D eigenvalue weighted by Gasteiger charge is -1.95. The molecule has 2 heteroatoms. The van der Waals surface area contributed by atoms with E-state index in [1.54, 1.807) is 0 Å². The highest BCUT2D eigenvalue weighted by Crippen LogP contribution is 2.14. The van der Waals surface area contributed by atoms with E-state index in [1.165, 1.54) is 11.1 Å². The summed E-state index contributed by atoms with van der Waals surface area (Å²) in [5.41, 5.74) is 2.74. The summed E-state index contributed by atoms with van der Waals surface area (Å²) in [5.74, 6) is 0. The third-order valence-corrected chi connectivity index (χ3v) is 2.05. The fourth-order valence-electron chi connectivity index (χ4n) is 1.08. The van der Waals surface area contributed by atoms with Crippen LogP contribution in [0, 0.1) is 0 Å². The van der Waals surface area contributed by atoms with Crippen LogP contribution in [0.2, 0.25) is 0 Å². The van der Waals surface area contributed by atoms with Crippen molar-refractivity contribution in [3.63, 3.8) is 0 Å². The molecule has 0 amide bonds. The van der Waals surface area contributed by atoms with Gasteiger partial charge < -0.3 is 5.32 Å². The molecule has 0 radical (unpaired) electrons. The van der Waals surface area contributed by atoms with Crippen LogP contribution in [0.25, 0.3) is 0 Å². The number of thiocarbonyl (C=S) groups is 1. The Morgan fingerprint density at radius 1 is 1.67 bits per heavy atom. The van der Waals surface area contributed by atoms with E-state index < -0.39 is 0 Å². The van der Waals surface area contributed by atoms with Crippen molar-refractivity contribution >= 4 is 17.2 Å². The summed E-state index contributed by atoms with van der Waals surface area (Å²) in [4.78, 5) is 0.954. The summed E-state index contributed by atoms with van der Waals surface area (Å²) in [6, 6.07) is 0. The number of hydrogen-bond acceptors (Lipinski definition) is 1. The lowest BCUT2D eigenvalue weighted by atomic mass is 10.1. The Bertz CT molecular complexity index is 170. The molecule has 0 saturated heterocycles. The normalized spacial score (nSPS) is 18.7. The van der Waals surface area contributed by atoms with E-state index in [4.69, 9.17) is 12.2 Å². The number of rotatable bonds is 1. The highest BCUT2D eigenvalue weighted by atomic mass is 32.1. The van der Waals surface area contributed by atoms with Crippen molar-refractivity contribution in [1.82, 2.24) is 5.32 Å². The highest BCUT2D eigenvalue weighted by molar-refractivity contribution is 7.80. The fourth-order valence-corrected chi connectivity index (χ4v) is 1.47. The topological polar surface area (TPSA) is 12.0 Å². The van der Waals surface area contributed by atoms with Crippen molar-refractivity contribution in [2.24, 2.45) is 0 Å². The van der Waals surface area contributed by atoms with Gasteiger partial charge in [0.2, 0.25) is 0 Å². The highest BCUT2D eigenvalue weighted by Gasteiger charge is 2.12. The van der Waals surface area contributed by atoms with Crippen molar-refractivity contribution < 1.29 is 0 Å². The monoisotopic (exact) mass is 141 g/mol. The second kappa shape index (κ2) is 2.48. The van der Waals surface area contributed by atoms with Crippen LogP contribution in [-0.4, -0.2) is 11.5 Å². The lowest BCUT2D eigenvalue weighted by Crippen LogP contribution is -2.14. The van der Waals surface area contributed by atoms with Gasteiger partial charge in [0, 0.05) is 6.54 Å². The minimum atomic E-state index is 0.954. The third-order valence-electron chi connectivity index (χ3n) is 1.66. The SMILES string of the molecule is CCC1=C(C)CNC1=S. The van der Waals surface area contributed by atoms with Gasteiger partial charge in [0.1, 0.15) is 4.99 Å². The van der Waals surface area contributed by atoms with E-state index in [-0.39, 0.29) is 0 Å². The summed E-state index contributed by atoms with van der Waals surface area (Å²) in [6.07, 6.45) is 1.07. The molecule has 1 nitrogen and oxygen atoms in total. The first kappa shape index (κ1) is 6.75. The van der Waals surface area contributed by atoms with Crippen molar-refractivity contribution in [2.45, 2.75) is 20.3 Å². The maximum absolute atomic E-state index is 5.05. The van der Waals surface area contributed by atoms with Gasteiger partial charge in [-0.05, 0) is 24.5 Å². The Balaban J connectivity index is 2.82. The quantitative estimate of drug-likeness (QED) is 0.557. The van der Waals surface area contributed by atoms with Crippen molar-refractivity contribution in [3.8, 4) is 0 Å². The second-order valence-corrected chi connectivity index (χ2v) is 2.70. The molecule has 0 fully saturated rings. The molecule has 0 aromatic carbocycles. The first-order valence-corrected chi connectivity index (χ1v) is 3.63. The summed E-state index contributed by atoms with van der Waals surface area (Å²) in [6.45, 7) is 5.23. The molecule has 1 N–H and O–H groups in total. The van der Waals surface area contributed by atoms with E-state index in [0.29, 0.717) is 0 Å². The van der Waals surface area contributed by atoms with Gasteiger partial charge in [-0.15, -0.1) is 0 Å². The average Bonchev–Trinajstić information content (AvgIpc) is 2.12. The van der Waals surface area contributed by atoms with Gasteiger partial charge in [-0.1, -0.05) is 19.1 Å². The van der Waals surface area contributed by atoms with E-state index in [0.717, 1.165) is 18.0 Å². The zero-order valence-electron chi connectivity index (χ0n) is 5.82. The van der Waals surface area contributed by atoms with Crippen LogP contribution in [0.3, 0.4) is 0 Å². The van der Waals surface area contributed by atoms with Crippen molar-refractivity contribution in [1.29, 1.82) is 0 Å². The van der Waals surface area contributed by atoms with Gasteiger partial charge in [0.15, 0.2) is 0 Å². The summed E-state index contributed by atoms with van der Waals surface area (Å²) in [7, 11) is 0. The van der Waals surface area contributed by atoms with Crippen LogP contribution in [0.4, 0.5) is 0 Å². The molecule has 0 bridgehead atoms. The Kier molecular flexibility index (Phi) is 1.86. The first-order valence-electron chi connectivity index (χ1n) is 3.22. The van der Waals surface area contributed by atoms with Gasteiger partial charge in [-0.25, -0.2) is 0 Å². The molecule has 9 heavy (non-hydrogen) atoms. The smallest absolute Gasteiger partial charge is 0.102 e. The second-order valence-electron chi connectivity index (χ2n) is 2.30. The minimum Gasteiger partial charge on any atom is -0.372 e. The molecule has 0 aromatic rings. The molecule has 0 aliphatic carbocycles. The Morgan fingerprint density at radius 2 is 2.33 bits per heavy atom. The maximum atomic E-state index is 5.05. The van der Waals surface area contributed by atoms with Crippen LogP contribution in [0.5, 0.6) is 0 Å². The van der Waals surface area contributed by atoms with Crippen LogP contribution in [0.1, 0.15) is 20.3 Å². The predicted octanol–water partition coefficient (Wildman–Crippen LogP) is 1.64. The van der Waals surface area contributed by atoms with E-state index in [1.807, 2.05) is 0 Å². The maximum Gasteiger partial charge on any atom is 0.102 e. The number of nitrogens with one attached hydrogen (secondary N) is 1. The average molecular weight is 141 g/mol. The van der Waals surface area contributed by atoms with Gasteiger partial charge in [-0.3, -0.25) is 0 Å². The molecule has 0 unspecified atom stereocenters. The molecule has 1 aliphatic heterocycles. The zero-order valence-corrected chi connectivity index (χ0v) is 6.64. The molecule has 1 aliphatic rings. The van der Waals surface area contributed by atoms with E-state index >= 15 is 0 Å². The Labute approximate surface area is 61.1 Å². The van der Waals surface area contributed by atoms with E-state index in [2.05, 4.69) is 19.2 Å². The Hall–Kier alpha value is -0.370. The molecule has 0 atom stereocenters. The van der Waals surface area contributed by atoms with Gasteiger partial charge >= 0.3 is 0 Å². The van der Waals surface area contributed by atoms with Crippen molar-refractivity contribution in [2.75, 3.05) is 6.54 Å². The standard InChI is InChI=1S/C7H11NS/c1-3-6-5(2)4-8-7(6)9/h3-4H2,1-2H3,(H,8,9). The molecule has 1 rings (SSSR count). The van der Waals surface area contributed by atoms with Gasteiger partial charge in [-0.2, -0.15) is 0 Å². The summed E-state index contributed by atoms with van der Waals surface area (Å²) >= 11 is 5.05. The van der Waals surface area contributed by atoms with Gasteiger partial charge in [0.25, 0.3) is 0 Å². The molecule has 0 aromatic heterocycles. The van der Waals surface area contributed by atoms with Crippen LogP contribution < -0.4 is 5.32 Å². The Morgan fingerprint density at radius 3 is 2.56 bits per heavy atom. The minimum absolute atomic E-state index is 0.954. The van der Waals surface area contributed by atoms with Gasteiger partial charge in [0.05, 0.1) is 0 Å². The first-order chi connectivity index (χ1) is 4.25. The largest absolute Gasteiger partial charge is 0.372 e. The van der Waals surface area contributed by atoms with Crippen LogP contribution in [0.15, 0.2) is 11.1 Å². The summed E-state index contributed by atoms with van der Waals surface area (Å²) in [5, 5.41) is 3.13. The lowest BCUT2D eigenvalue weighted by molar-refractivity contribution is 1.04. The third kappa shape index (κ3) is 1.13. The van der Waals surface area contributed by atoms with E-state index in [9.17, 15) is 0 Å². The molecular weight excluding hydrogens is 130 g/mol. The summed E-state index contributed by atoms with van der Waals surface area (Å²) < 4.78 is 0. The molecular formula is C7H11NS. The molecule has 0 saturated carbocycles. The zero-order chi connectivity index (χ0) is 6.85. The molecule has 1 heterocycles. The fraction of sp³-hybridized carbons (Fsp3) is 0.571. The predicted molar refractivity (Wildman–Crippen MR) is 43.6 cm³/mol. The molecule has 50 valence electrons. The number of hydrogen-bond donors (Lipinski definition) is 1. The van der Waals surface area contributed by atoms with Crippen LogP contribution in [-0.2, 0) is 0 Å². The molecule has 0 spiro atoms. The van der Waals surface area contributed by atoms with Crippen LogP contribution >= 0.6 is 12.2 Å².